The maximum absolute atomic E-state index is 4.69. The van der Waals surface area contributed by atoms with E-state index in [1.165, 1.54) is 0 Å². The summed E-state index contributed by atoms with van der Waals surface area (Å²) in [5.41, 5.74) is 2.10. The molecule has 0 bridgehead atoms. The van der Waals surface area contributed by atoms with Crippen LogP contribution in [-0.4, -0.2) is 30.7 Å². The smallest absolute Gasteiger partial charge is 0.192 e. The van der Waals surface area contributed by atoms with Crippen molar-refractivity contribution in [1.29, 1.82) is 0 Å². The van der Waals surface area contributed by atoms with Gasteiger partial charge in [-0.15, -0.1) is 0 Å². The predicted molar refractivity (Wildman–Crippen MR) is 77.7 cm³/mol. The molecule has 3 aromatic rings. The summed E-state index contributed by atoms with van der Waals surface area (Å²) in [5.74, 6) is 0. The zero-order chi connectivity index (χ0) is 13.9. The highest BCUT2D eigenvalue weighted by atomic mass is 32.2. The molecule has 3 aromatic heterocycles. The minimum atomic E-state index is 0.780. The highest BCUT2D eigenvalue weighted by molar-refractivity contribution is 7.99. The highest BCUT2D eigenvalue weighted by Crippen LogP contribution is 2.28. The molecule has 1 N–H and O–H groups in total. The van der Waals surface area contributed by atoms with Crippen molar-refractivity contribution in [2.24, 2.45) is 7.05 Å². The third kappa shape index (κ3) is 2.41. The monoisotopic (exact) mass is 288 g/mol. The van der Waals surface area contributed by atoms with Gasteiger partial charge < -0.3 is 9.72 Å². The third-order valence-corrected chi connectivity index (χ3v) is 4.06. The van der Waals surface area contributed by atoms with Gasteiger partial charge in [0.05, 0.1) is 5.69 Å². The van der Waals surface area contributed by atoms with Crippen LogP contribution in [0.5, 0.6) is 0 Å². The molecule has 0 spiro atoms. The molecule has 0 aliphatic rings. The van der Waals surface area contributed by atoms with Gasteiger partial charge in [0.15, 0.2) is 5.16 Å². The first-order chi connectivity index (χ1) is 9.79. The van der Waals surface area contributed by atoms with Crippen molar-refractivity contribution in [3.63, 3.8) is 0 Å². The lowest BCUT2D eigenvalue weighted by atomic mass is 10.4. The van der Waals surface area contributed by atoms with Gasteiger partial charge in [0.2, 0.25) is 0 Å². The molecule has 0 fully saturated rings. The number of fused-ring (bicyclic) bond motifs is 1. The Balaban J connectivity index is 2.02. The summed E-state index contributed by atoms with van der Waals surface area (Å²) in [7, 11) is 1.88. The topological polar surface area (TPSA) is 60.0 Å². The summed E-state index contributed by atoms with van der Waals surface area (Å²) < 4.78 is 3.87. The number of rotatable bonds is 5. The number of hydrogen-bond donors (Lipinski definition) is 1. The van der Waals surface area contributed by atoms with Gasteiger partial charge >= 0.3 is 0 Å². The maximum Gasteiger partial charge on any atom is 0.192 e. The summed E-state index contributed by atoms with van der Waals surface area (Å²) >= 11 is 1.54. The summed E-state index contributed by atoms with van der Waals surface area (Å²) in [6.07, 6.45) is 3.60. The zero-order valence-corrected chi connectivity index (χ0v) is 12.3. The molecule has 0 atom stereocenters. The van der Waals surface area contributed by atoms with E-state index in [9.17, 15) is 0 Å². The van der Waals surface area contributed by atoms with E-state index in [0.29, 0.717) is 0 Å². The first-order valence-corrected chi connectivity index (χ1v) is 7.29. The third-order valence-electron chi connectivity index (χ3n) is 2.99. The van der Waals surface area contributed by atoms with Crippen LogP contribution in [0.15, 0.2) is 40.9 Å². The van der Waals surface area contributed by atoms with E-state index in [2.05, 4.69) is 31.7 Å². The highest BCUT2D eigenvalue weighted by Gasteiger charge is 2.14. The van der Waals surface area contributed by atoms with Crippen molar-refractivity contribution in [3.05, 3.63) is 36.4 Å². The number of aryl methyl sites for hydroxylation is 1. The molecular formula is C13H16N6S. The van der Waals surface area contributed by atoms with Crippen LogP contribution >= 0.6 is 11.8 Å². The molecular weight excluding hydrogens is 272 g/mol. The fraction of sp³-hybridized carbons (Fsp3) is 0.308. The van der Waals surface area contributed by atoms with Gasteiger partial charge in [-0.25, -0.2) is 14.6 Å². The number of imidazole rings is 1. The Hall–Kier alpha value is -1.86. The van der Waals surface area contributed by atoms with Gasteiger partial charge in [0.25, 0.3) is 0 Å². The Morgan fingerprint density at radius 3 is 3.00 bits per heavy atom. The Morgan fingerprint density at radius 1 is 1.35 bits per heavy atom. The Labute approximate surface area is 121 Å². The van der Waals surface area contributed by atoms with Crippen LogP contribution in [0, 0.1) is 0 Å². The second kappa shape index (κ2) is 5.64. The minimum Gasteiger partial charge on any atom is -0.311 e. The Bertz CT molecular complexity index is 717. The number of nitrogens with one attached hydrogen (secondary N) is 1. The normalized spacial score (nSPS) is 11.3. The van der Waals surface area contributed by atoms with E-state index in [4.69, 9.17) is 0 Å². The molecule has 104 valence electrons. The van der Waals surface area contributed by atoms with E-state index in [-0.39, 0.29) is 0 Å². The molecule has 0 aromatic carbocycles. The molecule has 6 nitrogen and oxygen atoms in total. The SMILES string of the molecule is CCNCc1c(Sc2ncnn2C)nc2ccccn12. The van der Waals surface area contributed by atoms with E-state index < -0.39 is 0 Å². The second-order valence-corrected chi connectivity index (χ2v) is 5.30. The minimum absolute atomic E-state index is 0.780. The molecule has 3 heterocycles. The van der Waals surface area contributed by atoms with Crippen LogP contribution in [0.3, 0.4) is 0 Å². The quantitative estimate of drug-likeness (QED) is 0.774. The van der Waals surface area contributed by atoms with Gasteiger partial charge in [0, 0.05) is 19.8 Å². The lowest BCUT2D eigenvalue weighted by Gasteiger charge is -2.05. The fourth-order valence-electron chi connectivity index (χ4n) is 1.98. The molecule has 3 rings (SSSR count). The summed E-state index contributed by atoms with van der Waals surface area (Å²) in [4.78, 5) is 8.93. The van der Waals surface area contributed by atoms with Crippen LogP contribution in [-0.2, 0) is 13.6 Å². The number of pyridine rings is 1. The predicted octanol–water partition coefficient (Wildman–Crippen LogP) is 1.72. The lowest BCUT2D eigenvalue weighted by Crippen LogP contribution is -2.14. The van der Waals surface area contributed by atoms with Crippen molar-refractivity contribution in [2.75, 3.05) is 6.54 Å². The van der Waals surface area contributed by atoms with Gasteiger partial charge in [0.1, 0.15) is 17.0 Å². The summed E-state index contributed by atoms with van der Waals surface area (Å²) in [6.45, 7) is 3.80. The first kappa shape index (κ1) is 13.1. The van der Waals surface area contributed by atoms with Gasteiger partial charge in [-0.3, -0.25) is 0 Å². The molecule has 0 aliphatic heterocycles. The van der Waals surface area contributed by atoms with Crippen molar-refractivity contribution >= 4 is 17.4 Å². The van der Waals surface area contributed by atoms with Crippen LogP contribution in [0.25, 0.3) is 5.65 Å². The molecule has 7 heteroatoms. The van der Waals surface area contributed by atoms with Crippen LogP contribution in [0.4, 0.5) is 0 Å². The largest absolute Gasteiger partial charge is 0.311 e. The average molecular weight is 288 g/mol. The van der Waals surface area contributed by atoms with Gasteiger partial charge in [-0.1, -0.05) is 13.0 Å². The molecule has 0 saturated heterocycles. The summed E-state index contributed by atoms with van der Waals surface area (Å²) in [5, 5.41) is 9.26. The van der Waals surface area contributed by atoms with Crippen molar-refractivity contribution < 1.29 is 0 Å². The van der Waals surface area contributed by atoms with Gasteiger partial charge in [-0.05, 0) is 30.4 Å². The van der Waals surface area contributed by atoms with E-state index in [1.54, 1.807) is 22.8 Å². The molecule has 0 saturated carbocycles. The fourth-order valence-corrected chi connectivity index (χ4v) is 2.85. The lowest BCUT2D eigenvalue weighted by molar-refractivity contribution is 0.680. The molecule has 0 aliphatic carbocycles. The zero-order valence-electron chi connectivity index (χ0n) is 11.4. The van der Waals surface area contributed by atoms with E-state index in [0.717, 1.165) is 34.6 Å². The maximum atomic E-state index is 4.69. The van der Waals surface area contributed by atoms with E-state index in [1.807, 2.05) is 31.4 Å². The van der Waals surface area contributed by atoms with Crippen LogP contribution in [0.1, 0.15) is 12.6 Å². The summed E-state index contributed by atoms with van der Waals surface area (Å²) in [6, 6.07) is 6.02. The molecule has 20 heavy (non-hydrogen) atoms. The molecule has 0 radical (unpaired) electrons. The van der Waals surface area contributed by atoms with Crippen molar-refractivity contribution in [3.8, 4) is 0 Å². The number of hydrogen-bond acceptors (Lipinski definition) is 5. The van der Waals surface area contributed by atoms with Crippen LogP contribution in [0.2, 0.25) is 0 Å². The van der Waals surface area contributed by atoms with Crippen LogP contribution < -0.4 is 5.32 Å². The number of nitrogens with zero attached hydrogens (tertiary/aromatic N) is 5. The standard InChI is InChI=1S/C13H16N6S/c1-3-14-8-10-12(20-13-15-9-16-18(13)2)17-11-6-4-5-7-19(10)11/h4-7,9,14H,3,8H2,1-2H3. The Kier molecular flexibility index (Phi) is 3.70. The number of aromatic nitrogens is 5. The molecule has 0 unspecified atom stereocenters. The second-order valence-electron chi connectivity index (χ2n) is 4.34. The van der Waals surface area contributed by atoms with E-state index >= 15 is 0 Å². The van der Waals surface area contributed by atoms with Crippen molar-refractivity contribution in [2.45, 2.75) is 23.7 Å². The first-order valence-electron chi connectivity index (χ1n) is 6.48. The Morgan fingerprint density at radius 2 is 2.25 bits per heavy atom. The van der Waals surface area contributed by atoms with Crippen molar-refractivity contribution in [1.82, 2.24) is 29.5 Å². The molecule has 0 amide bonds. The average Bonchev–Trinajstić information content (AvgIpc) is 3.01. The van der Waals surface area contributed by atoms with Gasteiger partial charge in [-0.2, -0.15) is 5.10 Å².